The second kappa shape index (κ2) is 7.94. The molecule has 3 aromatic rings. The quantitative estimate of drug-likeness (QED) is 0.637. The summed E-state index contributed by atoms with van der Waals surface area (Å²) in [4.78, 5) is 16.5. The number of amides is 1. The fourth-order valence-corrected chi connectivity index (χ4v) is 2.80. The first kappa shape index (κ1) is 17.2. The van der Waals surface area contributed by atoms with Crippen molar-refractivity contribution in [1.29, 1.82) is 0 Å². The third-order valence-electron chi connectivity index (χ3n) is 3.84. The lowest BCUT2D eigenvalue weighted by Crippen LogP contribution is -2.13. The number of hydrogen-bond acceptors (Lipinski definition) is 3. The molecule has 0 aliphatic rings. The summed E-state index contributed by atoms with van der Waals surface area (Å²) in [5.41, 5.74) is 3.98. The van der Waals surface area contributed by atoms with Crippen LogP contribution in [0, 0.1) is 6.92 Å². The van der Waals surface area contributed by atoms with Crippen molar-refractivity contribution in [2.24, 2.45) is 0 Å². The second-order valence-corrected chi connectivity index (χ2v) is 6.59. The molecule has 0 aliphatic carbocycles. The molecule has 0 unspecified atom stereocenters. The number of carbonyl (C=O) groups excluding carboxylic acids is 1. The van der Waals surface area contributed by atoms with Gasteiger partial charge in [-0.2, -0.15) is 0 Å². The third kappa shape index (κ3) is 4.67. The van der Waals surface area contributed by atoms with Gasteiger partial charge in [-0.3, -0.25) is 4.79 Å². The minimum atomic E-state index is -0.186. The Morgan fingerprint density at radius 2 is 1.92 bits per heavy atom. The van der Waals surface area contributed by atoms with Gasteiger partial charge in [0.2, 0.25) is 0 Å². The molecule has 1 aromatic heterocycles. The highest BCUT2D eigenvalue weighted by Gasteiger charge is 2.07. The van der Waals surface area contributed by atoms with E-state index >= 15 is 0 Å². The molecule has 0 fully saturated rings. The van der Waals surface area contributed by atoms with Crippen LogP contribution in [-0.4, -0.2) is 10.9 Å². The number of benzene rings is 2. The highest BCUT2D eigenvalue weighted by molar-refractivity contribution is 9.10. The first-order valence-corrected chi connectivity index (χ1v) is 8.72. The smallest absolute Gasteiger partial charge is 0.256 e. The van der Waals surface area contributed by atoms with Gasteiger partial charge in [0.15, 0.2) is 0 Å². The zero-order valence-corrected chi connectivity index (χ0v) is 15.4. The second-order valence-electron chi connectivity index (χ2n) is 5.68. The highest BCUT2D eigenvalue weighted by Crippen LogP contribution is 2.15. The van der Waals surface area contributed by atoms with E-state index < -0.39 is 0 Å². The summed E-state index contributed by atoms with van der Waals surface area (Å²) >= 11 is 3.36. The first-order valence-electron chi connectivity index (χ1n) is 7.93. The monoisotopic (exact) mass is 395 g/mol. The van der Waals surface area contributed by atoms with E-state index in [1.165, 1.54) is 11.1 Å². The molecule has 0 spiro atoms. The molecule has 0 aliphatic heterocycles. The topological polar surface area (TPSA) is 54.0 Å². The van der Waals surface area contributed by atoms with Crippen LogP contribution in [0.3, 0.4) is 0 Å². The van der Waals surface area contributed by atoms with Gasteiger partial charge in [-0.25, -0.2) is 4.98 Å². The van der Waals surface area contributed by atoms with Crippen LogP contribution < -0.4 is 10.6 Å². The van der Waals surface area contributed by atoms with Crippen LogP contribution in [0.25, 0.3) is 0 Å². The van der Waals surface area contributed by atoms with Crippen LogP contribution in [0.15, 0.2) is 71.3 Å². The Labute approximate surface area is 155 Å². The lowest BCUT2D eigenvalue weighted by molar-refractivity contribution is 0.102. The molecule has 1 heterocycles. The number of aryl methyl sites for hydroxylation is 1. The molecule has 0 saturated heterocycles. The first-order chi connectivity index (χ1) is 12.1. The fourth-order valence-electron chi connectivity index (χ4n) is 2.40. The van der Waals surface area contributed by atoms with E-state index in [0.29, 0.717) is 11.4 Å². The SMILES string of the molecule is Cc1ccccc1CNc1ccc(NC(=O)c2cccc(Br)c2)nc1. The average molecular weight is 396 g/mol. The summed E-state index contributed by atoms with van der Waals surface area (Å²) in [6.07, 6.45) is 1.72. The number of anilines is 2. The van der Waals surface area contributed by atoms with Crippen molar-refractivity contribution in [3.63, 3.8) is 0 Å². The molecule has 126 valence electrons. The average Bonchev–Trinajstić information content (AvgIpc) is 2.62. The van der Waals surface area contributed by atoms with Crippen LogP contribution in [0.1, 0.15) is 21.5 Å². The molecule has 0 radical (unpaired) electrons. The van der Waals surface area contributed by atoms with E-state index in [1.807, 2.05) is 30.3 Å². The Morgan fingerprint density at radius 3 is 2.64 bits per heavy atom. The van der Waals surface area contributed by atoms with E-state index in [2.05, 4.69) is 50.6 Å². The zero-order valence-electron chi connectivity index (χ0n) is 13.8. The number of carbonyl (C=O) groups is 1. The zero-order chi connectivity index (χ0) is 17.6. The number of pyridine rings is 1. The predicted octanol–water partition coefficient (Wildman–Crippen LogP) is 5.02. The van der Waals surface area contributed by atoms with Crippen LogP contribution in [0.4, 0.5) is 11.5 Å². The molecule has 0 bridgehead atoms. The van der Waals surface area contributed by atoms with Gasteiger partial charge in [0, 0.05) is 16.6 Å². The van der Waals surface area contributed by atoms with E-state index in [9.17, 15) is 4.79 Å². The van der Waals surface area contributed by atoms with Gasteiger partial charge in [0.05, 0.1) is 11.9 Å². The van der Waals surface area contributed by atoms with Gasteiger partial charge < -0.3 is 10.6 Å². The summed E-state index contributed by atoms with van der Waals surface area (Å²) in [7, 11) is 0. The highest BCUT2D eigenvalue weighted by atomic mass is 79.9. The van der Waals surface area contributed by atoms with Gasteiger partial charge in [-0.05, 0) is 48.4 Å². The van der Waals surface area contributed by atoms with Crippen LogP contribution in [0.5, 0.6) is 0 Å². The number of halogens is 1. The normalized spacial score (nSPS) is 10.3. The molecular formula is C20H18BrN3O. The van der Waals surface area contributed by atoms with Crippen molar-refractivity contribution in [3.05, 3.63) is 88.0 Å². The molecule has 5 heteroatoms. The molecule has 3 rings (SSSR count). The molecule has 25 heavy (non-hydrogen) atoms. The van der Waals surface area contributed by atoms with Crippen molar-refractivity contribution >= 4 is 33.3 Å². The van der Waals surface area contributed by atoms with Crippen LogP contribution >= 0.6 is 15.9 Å². The van der Waals surface area contributed by atoms with Gasteiger partial charge in [0.1, 0.15) is 5.82 Å². The van der Waals surface area contributed by atoms with Crippen LogP contribution in [0.2, 0.25) is 0 Å². The minimum absolute atomic E-state index is 0.186. The predicted molar refractivity (Wildman–Crippen MR) is 105 cm³/mol. The number of rotatable bonds is 5. The van der Waals surface area contributed by atoms with Gasteiger partial charge >= 0.3 is 0 Å². The molecule has 4 nitrogen and oxygen atoms in total. The lowest BCUT2D eigenvalue weighted by atomic mass is 10.1. The fraction of sp³-hybridized carbons (Fsp3) is 0.100. The largest absolute Gasteiger partial charge is 0.380 e. The van der Waals surface area contributed by atoms with E-state index in [1.54, 1.807) is 24.4 Å². The van der Waals surface area contributed by atoms with E-state index in [4.69, 9.17) is 0 Å². The molecule has 2 N–H and O–H groups in total. The maximum atomic E-state index is 12.2. The lowest BCUT2D eigenvalue weighted by Gasteiger charge is -2.10. The molecule has 2 aromatic carbocycles. The van der Waals surface area contributed by atoms with Crippen molar-refractivity contribution < 1.29 is 4.79 Å². The number of nitrogens with one attached hydrogen (secondary N) is 2. The van der Waals surface area contributed by atoms with Gasteiger partial charge in [-0.1, -0.05) is 46.3 Å². The van der Waals surface area contributed by atoms with Gasteiger partial charge in [0.25, 0.3) is 5.91 Å². The van der Waals surface area contributed by atoms with Crippen molar-refractivity contribution in [3.8, 4) is 0 Å². The molecular weight excluding hydrogens is 378 g/mol. The summed E-state index contributed by atoms with van der Waals surface area (Å²) in [5, 5.41) is 6.14. The summed E-state index contributed by atoms with van der Waals surface area (Å²) in [5.74, 6) is 0.334. The Balaban J connectivity index is 1.60. The van der Waals surface area contributed by atoms with E-state index in [0.717, 1.165) is 16.7 Å². The maximum Gasteiger partial charge on any atom is 0.256 e. The van der Waals surface area contributed by atoms with Crippen molar-refractivity contribution in [2.75, 3.05) is 10.6 Å². The van der Waals surface area contributed by atoms with Crippen molar-refractivity contribution in [2.45, 2.75) is 13.5 Å². The van der Waals surface area contributed by atoms with Crippen LogP contribution in [-0.2, 0) is 6.54 Å². The number of aromatic nitrogens is 1. The Hall–Kier alpha value is -2.66. The Morgan fingerprint density at radius 1 is 1.08 bits per heavy atom. The molecule has 0 saturated carbocycles. The number of nitrogens with zero attached hydrogens (tertiary/aromatic N) is 1. The molecule has 0 atom stereocenters. The summed E-state index contributed by atoms with van der Waals surface area (Å²) < 4.78 is 0.865. The third-order valence-corrected chi connectivity index (χ3v) is 4.33. The minimum Gasteiger partial charge on any atom is -0.380 e. The van der Waals surface area contributed by atoms with Crippen molar-refractivity contribution in [1.82, 2.24) is 4.98 Å². The molecule has 1 amide bonds. The summed E-state index contributed by atoms with van der Waals surface area (Å²) in [6, 6.07) is 19.2. The maximum absolute atomic E-state index is 12.2. The Kier molecular flexibility index (Phi) is 5.46. The van der Waals surface area contributed by atoms with E-state index in [-0.39, 0.29) is 5.91 Å². The summed E-state index contributed by atoms with van der Waals surface area (Å²) in [6.45, 7) is 2.83. The number of hydrogen-bond donors (Lipinski definition) is 2. The Bertz CT molecular complexity index is 878. The van der Waals surface area contributed by atoms with Gasteiger partial charge in [-0.15, -0.1) is 0 Å². The standard InChI is InChI=1S/C20H18BrN3O/c1-14-5-2-3-6-16(14)12-22-18-9-10-19(23-13-18)24-20(25)15-7-4-8-17(21)11-15/h2-11,13,22H,12H2,1H3,(H,23,24,25).